The van der Waals surface area contributed by atoms with E-state index in [1.165, 1.54) is 25.7 Å². The molecular weight excluding hydrogens is 298 g/mol. The van der Waals surface area contributed by atoms with Crippen molar-refractivity contribution in [2.45, 2.75) is 77.2 Å². The maximum absolute atomic E-state index is 10.6. The molecule has 3 heteroatoms. The summed E-state index contributed by atoms with van der Waals surface area (Å²) in [6.07, 6.45) is 15.2. The molecule has 0 saturated heterocycles. The Morgan fingerprint density at radius 2 is 1.88 bits per heavy atom. The highest BCUT2D eigenvalue weighted by atomic mass is 16.4. The van der Waals surface area contributed by atoms with E-state index in [1.807, 2.05) is 0 Å². The molecule has 0 heterocycles. The molecule has 4 rings (SSSR count). The van der Waals surface area contributed by atoms with Crippen molar-refractivity contribution >= 4 is 5.71 Å². The number of fused-ring (bicyclic) bond motifs is 5. The first-order chi connectivity index (χ1) is 11.4. The Labute approximate surface area is 145 Å². The fraction of sp³-hybridized carbons (Fsp3) is 0.857. The summed E-state index contributed by atoms with van der Waals surface area (Å²) in [5, 5.41) is 23.7. The summed E-state index contributed by atoms with van der Waals surface area (Å²) in [4.78, 5) is 0. The van der Waals surface area contributed by atoms with E-state index in [2.05, 4.69) is 24.9 Å². The molecule has 4 aliphatic carbocycles. The Hall–Kier alpha value is -1.01. The van der Waals surface area contributed by atoms with Crippen LogP contribution in [-0.4, -0.2) is 21.6 Å². The molecule has 24 heavy (non-hydrogen) atoms. The molecular formula is C21H31NO2. The summed E-state index contributed by atoms with van der Waals surface area (Å²) in [5.74, 6) is 5.40. The number of hydrogen-bond acceptors (Lipinski definition) is 3. The molecule has 5 unspecified atom stereocenters. The molecule has 132 valence electrons. The standard InChI is InChI=1S/C21H31NO2/c1-4-21(23)12-11-19(2)14(13-21)5-6-15-16-7-8-18(22-24)20(16,3)10-9-17(15)19/h1,14-17,23-24H,5-13H2,2-3H3/b22-18-/t14?,15?,16?,17?,19?,20-,21-/m0/s1. The Morgan fingerprint density at radius 1 is 1.08 bits per heavy atom. The molecule has 0 aromatic heterocycles. The first-order valence-electron chi connectivity index (χ1n) is 9.78. The molecule has 0 aromatic rings. The van der Waals surface area contributed by atoms with Crippen LogP contribution in [-0.2, 0) is 0 Å². The molecule has 3 nitrogen and oxygen atoms in total. The molecule has 4 fully saturated rings. The lowest BCUT2D eigenvalue weighted by Crippen LogP contribution is -2.55. The Balaban J connectivity index is 1.62. The Morgan fingerprint density at radius 3 is 2.58 bits per heavy atom. The minimum atomic E-state index is -0.871. The van der Waals surface area contributed by atoms with Gasteiger partial charge in [-0.3, -0.25) is 0 Å². The maximum atomic E-state index is 10.6. The summed E-state index contributed by atoms with van der Waals surface area (Å²) >= 11 is 0. The van der Waals surface area contributed by atoms with Crippen molar-refractivity contribution in [3.63, 3.8) is 0 Å². The third-order valence-corrected chi connectivity index (χ3v) is 8.86. The van der Waals surface area contributed by atoms with E-state index < -0.39 is 5.60 Å². The highest BCUT2D eigenvalue weighted by Gasteiger charge is 2.60. The van der Waals surface area contributed by atoms with Crippen molar-refractivity contribution < 1.29 is 10.3 Å². The van der Waals surface area contributed by atoms with Gasteiger partial charge in [-0.2, -0.15) is 0 Å². The average molecular weight is 329 g/mol. The fourth-order valence-corrected chi connectivity index (χ4v) is 7.33. The first-order valence-corrected chi connectivity index (χ1v) is 9.78. The molecule has 0 radical (unpaired) electrons. The van der Waals surface area contributed by atoms with Gasteiger partial charge in [0.1, 0.15) is 5.60 Å². The topological polar surface area (TPSA) is 52.8 Å². The van der Waals surface area contributed by atoms with Crippen LogP contribution in [0.15, 0.2) is 5.16 Å². The summed E-state index contributed by atoms with van der Waals surface area (Å²) in [5.41, 5.74) is 0.618. The van der Waals surface area contributed by atoms with Gasteiger partial charge in [0.15, 0.2) is 0 Å². The van der Waals surface area contributed by atoms with E-state index in [-0.39, 0.29) is 5.41 Å². The lowest BCUT2D eigenvalue weighted by Gasteiger charge is -2.61. The van der Waals surface area contributed by atoms with Gasteiger partial charge in [0.05, 0.1) is 5.71 Å². The van der Waals surface area contributed by atoms with Crippen LogP contribution in [0.3, 0.4) is 0 Å². The van der Waals surface area contributed by atoms with Crippen molar-refractivity contribution in [3.8, 4) is 12.3 Å². The first kappa shape index (κ1) is 16.5. The molecule has 4 saturated carbocycles. The number of rotatable bonds is 0. The van der Waals surface area contributed by atoms with E-state index in [0.29, 0.717) is 17.3 Å². The van der Waals surface area contributed by atoms with Crippen LogP contribution < -0.4 is 0 Å². The highest BCUT2D eigenvalue weighted by molar-refractivity contribution is 5.91. The minimum Gasteiger partial charge on any atom is -0.411 e. The van der Waals surface area contributed by atoms with Crippen LogP contribution in [0.5, 0.6) is 0 Å². The monoisotopic (exact) mass is 329 g/mol. The zero-order valence-electron chi connectivity index (χ0n) is 15.1. The van der Waals surface area contributed by atoms with Crippen molar-refractivity contribution in [2.75, 3.05) is 0 Å². The highest BCUT2D eigenvalue weighted by Crippen LogP contribution is 2.66. The van der Waals surface area contributed by atoms with E-state index in [9.17, 15) is 10.3 Å². The second kappa shape index (κ2) is 5.24. The summed E-state index contributed by atoms with van der Waals surface area (Å²) < 4.78 is 0. The zero-order valence-corrected chi connectivity index (χ0v) is 15.1. The van der Waals surface area contributed by atoms with Gasteiger partial charge in [-0.15, -0.1) is 6.42 Å². The van der Waals surface area contributed by atoms with Crippen LogP contribution in [0.1, 0.15) is 71.6 Å². The molecule has 0 amide bonds. The van der Waals surface area contributed by atoms with Gasteiger partial charge in [0, 0.05) is 5.41 Å². The van der Waals surface area contributed by atoms with Crippen LogP contribution >= 0.6 is 0 Å². The largest absolute Gasteiger partial charge is 0.411 e. The average Bonchev–Trinajstić information content (AvgIpc) is 2.92. The fourth-order valence-electron chi connectivity index (χ4n) is 7.33. The van der Waals surface area contributed by atoms with E-state index >= 15 is 0 Å². The second-order valence-corrected chi connectivity index (χ2v) is 9.58. The number of nitrogens with zero attached hydrogens (tertiary/aromatic N) is 1. The van der Waals surface area contributed by atoms with Crippen LogP contribution in [0.25, 0.3) is 0 Å². The molecule has 0 bridgehead atoms. The predicted octanol–water partition coefficient (Wildman–Crippen LogP) is 4.22. The van der Waals surface area contributed by atoms with Gasteiger partial charge < -0.3 is 10.3 Å². The lowest BCUT2D eigenvalue weighted by atomic mass is 9.44. The number of aliphatic hydroxyl groups is 1. The molecule has 0 aromatic carbocycles. The second-order valence-electron chi connectivity index (χ2n) is 9.58. The van der Waals surface area contributed by atoms with E-state index in [4.69, 9.17) is 6.42 Å². The summed E-state index contributed by atoms with van der Waals surface area (Å²) in [7, 11) is 0. The molecule has 0 spiro atoms. The van der Waals surface area contributed by atoms with Gasteiger partial charge in [-0.25, -0.2) is 0 Å². The Kier molecular flexibility index (Phi) is 3.59. The van der Waals surface area contributed by atoms with E-state index in [1.54, 1.807) is 0 Å². The minimum absolute atomic E-state index is 0.118. The number of hydrogen-bond donors (Lipinski definition) is 2. The van der Waals surface area contributed by atoms with Gasteiger partial charge in [-0.05, 0) is 86.9 Å². The van der Waals surface area contributed by atoms with Crippen molar-refractivity contribution in [1.82, 2.24) is 0 Å². The number of oxime groups is 1. The predicted molar refractivity (Wildman–Crippen MR) is 94.7 cm³/mol. The van der Waals surface area contributed by atoms with Crippen LogP contribution in [0.2, 0.25) is 0 Å². The number of terminal acetylenes is 1. The lowest BCUT2D eigenvalue weighted by molar-refractivity contribution is -0.127. The third kappa shape index (κ3) is 2.05. The maximum Gasteiger partial charge on any atom is 0.125 e. The third-order valence-electron chi connectivity index (χ3n) is 8.86. The van der Waals surface area contributed by atoms with Crippen LogP contribution in [0.4, 0.5) is 0 Å². The van der Waals surface area contributed by atoms with Crippen molar-refractivity contribution in [3.05, 3.63) is 0 Å². The van der Waals surface area contributed by atoms with Gasteiger partial charge >= 0.3 is 0 Å². The molecule has 0 aliphatic heterocycles. The Bertz CT molecular complexity index is 607. The van der Waals surface area contributed by atoms with Crippen molar-refractivity contribution in [2.24, 2.45) is 39.7 Å². The smallest absolute Gasteiger partial charge is 0.125 e. The summed E-state index contributed by atoms with van der Waals surface area (Å²) in [6.45, 7) is 4.81. The zero-order chi connectivity index (χ0) is 17.2. The van der Waals surface area contributed by atoms with E-state index in [0.717, 1.165) is 49.7 Å². The quantitative estimate of drug-likeness (QED) is 0.397. The molecule has 2 N–H and O–H groups in total. The van der Waals surface area contributed by atoms with Crippen molar-refractivity contribution in [1.29, 1.82) is 0 Å². The molecule has 4 aliphatic rings. The normalized spacial score (nSPS) is 55.3. The SMILES string of the molecule is C#C[C@]1(O)CCC2(C)C(CCC3C2CC[C@]2(C)/C(=N\O)CCC32)C1. The van der Waals surface area contributed by atoms with Crippen LogP contribution in [0, 0.1) is 46.8 Å². The van der Waals surface area contributed by atoms with Gasteiger partial charge in [0.2, 0.25) is 0 Å². The van der Waals surface area contributed by atoms with Gasteiger partial charge in [-0.1, -0.05) is 24.9 Å². The molecule has 7 atom stereocenters. The summed E-state index contributed by atoms with van der Waals surface area (Å²) in [6, 6.07) is 0. The van der Waals surface area contributed by atoms with Gasteiger partial charge in [0.25, 0.3) is 0 Å².